The molecule has 0 spiro atoms. The first kappa shape index (κ1) is 30.5. The van der Waals surface area contributed by atoms with E-state index in [0.717, 1.165) is 26.1 Å². The maximum atomic E-state index is 10.3. The smallest absolute Gasteiger partial charge is 0.303 e. The molecule has 4 N–H and O–H groups in total. The van der Waals surface area contributed by atoms with Gasteiger partial charge in [0.2, 0.25) is 0 Å². The van der Waals surface area contributed by atoms with Crippen molar-refractivity contribution < 1.29 is 30.0 Å². The zero-order chi connectivity index (χ0) is 22.0. The Kier molecular flexibility index (Phi) is 28.7. The molecule has 6 heteroatoms. The minimum Gasteiger partial charge on any atom is -0.481 e. The van der Waals surface area contributed by atoms with Crippen LogP contribution in [0.4, 0.5) is 0 Å². The average Bonchev–Trinajstić information content (AvgIpc) is 3.60. The molecule has 1 rings (SSSR count). The van der Waals surface area contributed by atoms with E-state index in [-0.39, 0.29) is 13.2 Å². The topological polar surface area (TPSA) is 111 Å². The van der Waals surface area contributed by atoms with Crippen molar-refractivity contribution in [2.45, 2.75) is 116 Å². The summed E-state index contributed by atoms with van der Waals surface area (Å²) in [4.78, 5) is 10.3. The Labute approximate surface area is 178 Å². The molecule has 0 aromatic heterocycles. The number of epoxide rings is 1. The summed E-state index contributed by atoms with van der Waals surface area (Å²) in [6, 6.07) is 0. The van der Waals surface area contributed by atoms with Crippen LogP contribution in [0.1, 0.15) is 110 Å². The Bertz CT molecular complexity index is 303. The van der Waals surface area contributed by atoms with Crippen molar-refractivity contribution in [1.29, 1.82) is 0 Å². The highest BCUT2D eigenvalue weighted by Gasteiger charge is 1.97. The standard InChI is InChI=1S/C18H36O2.C3H8O3.C2H4O/c1-2-3-4-5-6-7-8-9-10-11-12-13-14-15-16-17-18(19)20;4-1-3(6)2-5;1-2-3-1/h2-17H2,1H3,(H,19,20);3-6H,1-2H2;1-2H2. The lowest BCUT2D eigenvalue weighted by molar-refractivity contribution is -0.137. The summed E-state index contributed by atoms with van der Waals surface area (Å²) in [6.45, 7) is 3.54. The van der Waals surface area contributed by atoms with Gasteiger partial charge in [0.1, 0.15) is 6.10 Å². The Morgan fingerprint density at radius 1 is 0.724 bits per heavy atom. The first-order chi connectivity index (χ1) is 14.1. The van der Waals surface area contributed by atoms with Gasteiger partial charge in [0, 0.05) is 6.42 Å². The minimum atomic E-state index is -0.954. The van der Waals surface area contributed by atoms with Gasteiger partial charge in [-0.05, 0) is 6.42 Å². The van der Waals surface area contributed by atoms with Crippen LogP contribution in [0.2, 0.25) is 0 Å². The van der Waals surface area contributed by atoms with Crippen LogP contribution in [-0.2, 0) is 9.53 Å². The lowest BCUT2D eigenvalue weighted by atomic mass is 10.0. The fraction of sp³-hybridized carbons (Fsp3) is 0.957. The summed E-state index contributed by atoms with van der Waals surface area (Å²) < 4.78 is 4.50. The minimum absolute atomic E-state index is 0.345. The number of carboxylic acids is 1. The number of carboxylic acid groups (broad SMARTS) is 1. The molecule has 0 unspecified atom stereocenters. The molecule has 1 saturated heterocycles. The van der Waals surface area contributed by atoms with Crippen LogP contribution >= 0.6 is 0 Å². The molecule has 0 saturated carbocycles. The lowest BCUT2D eigenvalue weighted by Crippen LogP contribution is -2.15. The molecule has 176 valence electrons. The number of hydrogen-bond donors (Lipinski definition) is 4. The molecule has 0 aromatic rings. The molecule has 0 aliphatic carbocycles. The van der Waals surface area contributed by atoms with Gasteiger partial charge in [0.05, 0.1) is 26.4 Å². The van der Waals surface area contributed by atoms with E-state index in [9.17, 15) is 4.79 Å². The van der Waals surface area contributed by atoms with E-state index in [1.165, 1.54) is 83.5 Å². The normalized spacial score (nSPS) is 12.0. The van der Waals surface area contributed by atoms with E-state index in [0.29, 0.717) is 6.42 Å². The van der Waals surface area contributed by atoms with Crippen LogP contribution in [-0.4, -0.2) is 58.9 Å². The number of aliphatic carboxylic acids is 1. The largest absolute Gasteiger partial charge is 0.481 e. The fourth-order valence-electron chi connectivity index (χ4n) is 2.71. The maximum absolute atomic E-state index is 10.3. The fourth-order valence-corrected chi connectivity index (χ4v) is 2.71. The van der Waals surface area contributed by atoms with Gasteiger partial charge in [-0.2, -0.15) is 0 Å². The van der Waals surface area contributed by atoms with Crippen molar-refractivity contribution in [3.63, 3.8) is 0 Å². The third kappa shape index (κ3) is 38.5. The van der Waals surface area contributed by atoms with Crippen molar-refractivity contribution in [3.8, 4) is 0 Å². The molecule has 0 amide bonds. The Hall–Kier alpha value is -0.690. The van der Waals surface area contributed by atoms with Crippen molar-refractivity contribution in [2.24, 2.45) is 0 Å². The summed E-state index contributed by atoms with van der Waals surface area (Å²) in [5, 5.41) is 32.5. The first-order valence-electron chi connectivity index (χ1n) is 11.8. The van der Waals surface area contributed by atoms with Crippen molar-refractivity contribution in [2.75, 3.05) is 26.4 Å². The highest BCUT2D eigenvalue weighted by Crippen LogP contribution is 2.13. The molecule has 6 nitrogen and oxygen atoms in total. The summed E-state index contributed by atoms with van der Waals surface area (Å²) in [7, 11) is 0. The third-order valence-corrected chi connectivity index (χ3v) is 4.62. The van der Waals surface area contributed by atoms with Crippen molar-refractivity contribution in [3.05, 3.63) is 0 Å². The summed E-state index contributed by atoms with van der Waals surface area (Å²) in [5.41, 5.74) is 0. The van der Waals surface area contributed by atoms with Crippen LogP contribution < -0.4 is 0 Å². The second-order valence-corrected chi connectivity index (χ2v) is 7.72. The second-order valence-electron chi connectivity index (χ2n) is 7.72. The second kappa shape index (κ2) is 27.3. The van der Waals surface area contributed by atoms with Gasteiger partial charge in [-0.3, -0.25) is 4.79 Å². The van der Waals surface area contributed by atoms with E-state index >= 15 is 0 Å². The number of aliphatic hydroxyl groups excluding tert-OH is 3. The van der Waals surface area contributed by atoms with Crippen LogP contribution in [0.3, 0.4) is 0 Å². The molecule has 0 bridgehead atoms. The highest BCUT2D eigenvalue weighted by molar-refractivity contribution is 5.66. The predicted octanol–water partition coefficient (Wildman–Crippen LogP) is 4.68. The SMILES string of the molecule is C1CO1.CCCCCCCCCCCCCCCCCC(=O)O.OCC(O)CO. The lowest BCUT2D eigenvalue weighted by Gasteiger charge is -2.03. The van der Waals surface area contributed by atoms with Crippen LogP contribution in [0.15, 0.2) is 0 Å². The Balaban J connectivity index is 0. The van der Waals surface area contributed by atoms with Gasteiger partial charge in [-0.1, -0.05) is 96.8 Å². The molecule has 1 fully saturated rings. The monoisotopic (exact) mass is 420 g/mol. The van der Waals surface area contributed by atoms with Gasteiger partial charge in [0.15, 0.2) is 0 Å². The molecular weight excluding hydrogens is 372 g/mol. The highest BCUT2D eigenvalue weighted by atomic mass is 16.6. The van der Waals surface area contributed by atoms with Crippen molar-refractivity contribution >= 4 is 5.97 Å². The van der Waals surface area contributed by atoms with Crippen LogP contribution in [0.5, 0.6) is 0 Å². The number of aliphatic hydroxyl groups is 3. The molecule has 1 aliphatic rings. The van der Waals surface area contributed by atoms with E-state index in [1.807, 2.05) is 0 Å². The van der Waals surface area contributed by atoms with Gasteiger partial charge in [-0.25, -0.2) is 0 Å². The molecule has 1 heterocycles. The number of unbranched alkanes of at least 4 members (excludes halogenated alkanes) is 14. The maximum Gasteiger partial charge on any atom is 0.303 e. The van der Waals surface area contributed by atoms with Crippen molar-refractivity contribution in [1.82, 2.24) is 0 Å². The predicted molar refractivity (Wildman–Crippen MR) is 118 cm³/mol. The number of rotatable bonds is 18. The number of carbonyl (C=O) groups is 1. The molecular formula is C23H48O6. The molecule has 1 aliphatic heterocycles. The van der Waals surface area contributed by atoms with Crippen LogP contribution in [0.25, 0.3) is 0 Å². The quantitative estimate of drug-likeness (QED) is 0.189. The molecule has 29 heavy (non-hydrogen) atoms. The van der Waals surface area contributed by atoms with Gasteiger partial charge in [0.25, 0.3) is 0 Å². The van der Waals surface area contributed by atoms with E-state index in [2.05, 4.69) is 11.7 Å². The summed E-state index contributed by atoms with van der Waals surface area (Å²) in [5.74, 6) is -0.653. The van der Waals surface area contributed by atoms with Gasteiger partial charge < -0.3 is 25.2 Å². The zero-order valence-electron chi connectivity index (χ0n) is 18.8. The number of hydrogen-bond acceptors (Lipinski definition) is 5. The Morgan fingerprint density at radius 2 is 1.03 bits per heavy atom. The number of ether oxygens (including phenoxy) is 1. The van der Waals surface area contributed by atoms with Crippen LogP contribution in [0, 0.1) is 0 Å². The molecule has 0 atom stereocenters. The van der Waals surface area contributed by atoms with E-state index in [1.54, 1.807) is 0 Å². The van der Waals surface area contributed by atoms with Gasteiger partial charge in [-0.15, -0.1) is 0 Å². The molecule has 0 radical (unpaired) electrons. The summed E-state index contributed by atoms with van der Waals surface area (Å²) >= 11 is 0. The Morgan fingerprint density at radius 3 is 1.24 bits per heavy atom. The summed E-state index contributed by atoms with van der Waals surface area (Å²) in [6.07, 6.45) is 19.2. The van der Waals surface area contributed by atoms with E-state index in [4.69, 9.17) is 20.4 Å². The van der Waals surface area contributed by atoms with Gasteiger partial charge >= 0.3 is 5.97 Å². The van der Waals surface area contributed by atoms with E-state index < -0.39 is 12.1 Å². The zero-order valence-corrected chi connectivity index (χ0v) is 18.8. The third-order valence-electron chi connectivity index (χ3n) is 4.62. The average molecular weight is 421 g/mol. The molecule has 0 aromatic carbocycles. The first-order valence-corrected chi connectivity index (χ1v) is 11.8.